The van der Waals surface area contributed by atoms with E-state index in [9.17, 15) is 22.8 Å². The van der Waals surface area contributed by atoms with E-state index in [4.69, 9.17) is 0 Å². The molecular weight excluding hydrogens is 345 g/mol. The maximum atomic E-state index is 13.0. The van der Waals surface area contributed by atoms with Gasteiger partial charge in [0.25, 0.3) is 5.91 Å². The van der Waals surface area contributed by atoms with E-state index in [-0.39, 0.29) is 24.7 Å². The summed E-state index contributed by atoms with van der Waals surface area (Å²) in [5.41, 5.74) is -0.0392. The standard InChI is InChI=1S/C19H19F3N2O2/c1-3-24(18(26)14-9-5-4-8-13(14)2)12-17(25)23-16-11-7-6-10-15(16)19(20,21)22/h4-11H,3,12H2,1-2H3,(H,23,25). The highest BCUT2D eigenvalue weighted by Crippen LogP contribution is 2.34. The van der Waals surface area contributed by atoms with Gasteiger partial charge in [-0.3, -0.25) is 9.59 Å². The monoisotopic (exact) mass is 364 g/mol. The number of hydrogen-bond acceptors (Lipinski definition) is 2. The van der Waals surface area contributed by atoms with E-state index in [1.165, 1.54) is 23.1 Å². The highest BCUT2D eigenvalue weighted by Gasteiger charge is 2.33. The van der Waals surface area contributed by atoms with Crippen molar-refractivity contribution in [3.8, 4) is 0 Å². The number of nitrogens with zero attached hydrogens (tertiary/aromatic N) is 1. The van der Waals surface area contributed by atoms with Crippen molar-refractivity contribution in [3.05, 3.63) is 65.2 Å². The van der Waals surface area contributed by atoms with Crippen molar-refractivity contribution >= 4 is 17.5 Å². The first-order valence-electron chi connectivity index (χ1n) is 8.05. The Morgan fingerprint density at radius 3 is 2.27 bits per heavy atom. The smallest absolute Gasteiger partial charge is 0.330 e. The number of alkyl halides is 3. The minimum atomic E-state index is -4.58. The third-order valence-corrected chi connectivity index (χ3v) is 3.89. The van der Waals surface area contributed by atoms with Crippen LogP contribution in [0.1, 0.15) is 28.4 Å². The van der Waals surface area contributed by atoms with E-state index >= 15 is 0 Å². The summed E-state index contributed by atoms with van der Waals surface area (Å²) in [5, 5.41) is 2.25. The number of para-hydroxylation sites is 1. The van der Waals surface area contributed by atoms with Gasteiger partial charge in [-0.05, 0) is 37.6 Å². The molecule has 26 heavy (non-hydrogen) atoms. The van der Waals surface area contributed by atoms with Crippen LogP contribution in [0.4, 0.5) is 18.9 Å². The second-order valence-corrected chi connectivity index (χ2v) is 5.73. The first-order chi connectivity index (χ1) is 12.2. The Kier molecular flexibility index (Phi) is 6.02. The number of halogens is 3. The molecule has 0 heterocycles. The number of benzene rings is 2. The lowest BCUT2D eigenvalue weighted by atomic mass is 10.1. The van der Waals surface area contributed by atoms with E-state index in [1.807, 2.05) is 0 Å². The van der Waals surface area contributed by atoms with Crippen molar-refractivity contribution in [1.29, 1.82) is 0 Å². The van der Waals surface area contributed by atoms with Gasteiger partial charge in [0, 0.05) is 12.1 Å². The van der Waals surface area contributed by atoms with Gasteiger partial charge >= 0.3 is 6.18 Å². The molecule has 0 saturated heterocycles. The molecule has 0 atom stereocenters. The molecule has 1 N–H and O–H groups in total. The first-order valence-corrected chi connectivity index (χ1v) is 8.05. The lowest BCUT2D eigenvalue weighted by Gasteiger charge is -2.22. The number of aryl methyl sites for hydroxylation is 1. The summed E-state index contributed by atoms with van der Waals surface area (Å²) in [6.07, 6.45) is -4.58. The fourth-order valence-electron chi connectivity index (χ4n) is 2.51. The van der Waals surface area contributed by atoms with E-state index < -0.39 is 17.6 Å². The highest BCUT2D eigenvalue weighted by molar-refractivity contribution is 6.00. The van der Waals surface area contributed by atoms with Crippen LogP contribution in [0, 0.1) is 6.92 Å². The van der Waals surface area contributed by atoms with Gasteiger partial charge in [-0.15, -0.1) is 0 Å². The Morgan fingerprint density at radius 1 is 1.04 bits per heavy atom. The average Bonchev–Trinajstić information content (AvgIpc) is 2.59. The van der Waals surface area contributed by atoms with Crippen LogP contribution < -0.4 is 5.32 Å². The summed E-state index contributed by atoms with van der Waals surface area (Å²) in [4.78, 5) is 26.1. The van der Waals surface area contributed by atoms with Crippen molar-refractivity contribution in [2.45, 2.75) is 20.0 Å². The fourth-order valence-corrected chi connectivity index (χ4v) is 2.51. The highest BCUT2D eigenvalue weighted by atomic mass is 19.4. The van der Waals surface area contributed by atoms with Crippen LogP contribution >= 0.6 is 0 Å². The summed E-state index contributed by atoms with van der Waals surface area (Å²) < 4.78 is 39.0. The molecule has 0 aliphatic heterocycles. The van der Waals surface area contributed by atoms with Crippen LogP contribution in [0.3, 0.4) is 0 Å². The van der Waals surface area contributed by atoms with Crippen LogP contribution in [0.5, 0.6) is 0 Å². The molecule has 0 bridgehead atoms. The van der Waals surface area contributed by atoms with Crippen molar-refractivity contribution in [2.24, 2.45) is 0 Å². The fraction of sp³-hybridized carbons (Fsp3) is 0.263. The maximum absolute atomic E-state index is 13.0. The Hall–Kier alpha value is -2.83. The summed E-state index contributed by atoms with van der Waals surface area (Å²) >= 11 is 0. The minimum Gasteiger partial charge on any atom is -0.330 e. The van der Waals surface area contributed by atoms with Gasteiger partial charge in [-0.1, -0.05) is 30.3 Å². The zero-order valence-corrected chi connectivity index (χ0v) is 14.4. The van der Waals surface area contributed by atoms with Gasteiger partial charge < -0.3 is 10.2 Å². The minimum absolute atomic E-state index is 0.251. The van der Waals surface area contributed by atoms with Crippen LogP contribution in [0.15, 0.2) is 48.5 Å². The number of likely N-dealkylation sites (N-methyl/N-ethyl adjacent to an activating group) is 1. The van der Waals surface area contributed by atoms with E-state index in [0.29, 0.717) is 5.56 Å². The summed E-state index contributed by atoms with van der Waals surface area (Å²) in [6.45, 7) is 3.39. The van der Waals surface area contributed by atoms with Gasteiger partial charge in [-0.25, -0.2) is 0 Å². The topological polar surface area (TPSA) is 49.4 Å². The number of rotatable bonds is 5. The number of amides is 2. The first kappa shape index (κ1) is 19.5. The number of anilines is 1. The predicted octanol–water partition coefficient (Wildman–Crippen LogP) is 4.11. The van der Waals surface area contributed by atoms with Crippen molar-refractivity contribution in [2.75, 3.05) is 18.4 Å². The summed E-state index contributed by atoms with van der Waals surface area (Å²) in [5.74, 6) is -1.03. The molecule has 7 heteroatoms. The number of nitrogens with one attached hydrogen (secondary N) is 1. The molecule has 0 aliphatic rings. The van der Waals surface area contributed by atoms with Crippen LogP contribution in [0.2, 0.25) is 0 Å². The SMILES string of the molecule is CCN(CC(=O)Nc1ccccc1C(F)(F)F)C(=O)c1ccccc1C. The third-order valence-electron chi connectivity index (χ3n) is 3.89. The quantitative estimate of drug-likeness (QED) is 0.868. The molecule has 2 aromatic carbocycles. The van der Waals surface area contributed by atoms with Crippen molar-refractivity contribution in [3.63, 3.8) is 0 Å². The molecule has 4 nitrogen and oxygen atoms in total. The molecule has 0 unspecified atom stereocenters. The van der Waals surface area contributed by atoms with Crippen molar-refractivity contribution in [1.82, 2.24) is 4.90 Å². The van der Waals surface area contributed by atoms with Gasteiger partial charge in [-0.2, -0.15) is 13.2 Å². The van der Waals surface area contributed by atoms with Gasteiger partial charge in [0.05, 0.1) is 11.3 Å². The summed E-state index contributed by atoms with van der Waals surface area (Å²) in [7, 11) is 0. The van der Waals surface area contributed by atoms with E-state index in [0.717, 1.165) is 11.6 Å². The number of carbonyl (C=O) groups excluding carboxylic acids is 2. The number of hydrogen-bond donors (Lipinski definition) is 1. The third kappa shape index (κ3) is 4.62. The summed E-state index contributed by atoms with van der Waals surface area (Å²) in [6, 6.07) is 11.7. The van der Waals surface area contributed by atoms with Crippen LogP contribution in [-0.2, 0) is 11.0 Å². The molecule has 0 aromatic heterocycles. The molecular formula is C19H19F3N2O2. The van der Waals surface area contributed by atoms with Gasteiger partial charge in [0.2, 0.25) is 5.91 Å². The molecule has 0 fully saturated rings. The van der Waals surface area contributed by atoms with E-state index in [2.05, 4.69) is 5.32 Å². The lowest BCUT2D eigenvalue weighted by Crippen LogP contribution is -2.38. The second-order valence-electron chi connectivity index (χ2n) is 5.73. The van der Waals surface area contributed by atoms with Gasteiger partial charge in [0.15, 0.2) is 0 Å². The molecule has 2 amide bonds. The Balaban J connectivity index is 2.14. The maximum Gasteiger partial charge on any atom is 0.418 e. The van der Waals surface area contributed by atoms with Crippen LogP contribution in [0.25, 0.3) is 0 Å². The Bertz CT molecular complexity index is 803. The number of carbonyl (C=O) groups is 2. The normalized spacial score (nSPS) is 11.1. The average molecular weight is 364 g/mol. The zero-order valence-electron chi connectivity index (χ0n) is 14.4. The zero-order chi connectivity index (χ0) is 19.3. The Labute approximate surface area is 149 Å². The van der Waals surface area contributed by atoms with Gasteiger partial charge in [0.1, 0.15) is 6.54 Å². The molecule has 0 radical (unpaired) electrons. The van der Waals surface area contributed by atoms with E-state index in [1.54, 1.807) is 38.1 Å². The predicted molar refractivity (Wildman–Crippen MR) is 92.8 cm³/mol. The largest absolute Gasteiger partial charge is 0.418 e. The van der Waals surface area contributed by atoms with Crippen LogP contribution in [-0.4, -0.2) is 29.8 Å². The molecule has 138 valence electrons. The molecule has 0 saturated carbocycles. The molecule has 0 spiro atoms. The lowest BCUT2D eigenvalue weighted by molar-refractivity contribution is -0.137. The molecule has 2 rings (SSSR count). The molecule has 2 aromatic rings. The second kappa shape index (κ2) is 8.03. The Morgan fingerprint density at radius 2 is 1.65 bits per heavy atom. The van der Waals surface area contributed by atoms with Crippen molar-refractivity contribution < 1.29 is 22.8 Å². The molecule has 0 aliphatic carbocycles.